The second-order valence-electron chi connectivity index (χ2n) is 5.35. The Hall–Kier alpha value is -1.62. The Kier molecular flexibility index (Phi) is 4.95. The highest BCUT2D eigenvalue weighted by atomic mass is 35.5. The van der Waals surface area contributed by atoms with Crippen LogP contribution in [-0.2, 0) is 6.54 Å². The van der Waals surface area contributed by atoms with Crippen LogP contribution in [0.3, 0.4) is 0 Å². The zero-order valence-electron chi connectivity index (χ0n) is 11.9. The average Bonchev–Trinajstić information content (AvgIpc) is 2.85. The molecule has 0 fully saturated rings. The lowest BCUT2D eigenvalue weighted by Crippen LogP contribution is -2.05. The predicted octanol–water partition coefficient (Wildman–Crippen LogP) is 3.40. The predicted molar refractivity (Wildman–Crippen MR) is 81.4 cm³/mol. The second kappa shape index (κ2) is 6.70. The molecule has 2 N–H and O–H groups in total. The molecule has 0 saturated heterocycles. The van der Waals surface area contributed by atoms with Crippen LogP contribution in [0.2, 0.25) is 5.02 Å². The van der Waals surface area contributed by atoms with Crippen molar-refractivity contribution in [1.82, 2.24) is 20.2 Å². The van der Waals surface area contributed by atoms with E-state index in [-0.39, 0.29) is 0 Å². The number of aromatic nitrogens is 4. The van der Waals surface area contributed by atoms with Gasteiger partial charge in [-0.15, -0.1) is 5.10 Å². The molecule has 0 aliphatic carbocycles. The van der Waals surface area contributed by atoms with Crippen molar-refractivity contribution in [3.05, 3.63) is 23.2 Å². The third-order valence-corrected chi connectivity index (χ3v) is 3.42. The summed E-state index contributed by atoms with van der Waals surface area (Å²) in [7, 11) is 0. The van der Waals surface area contributed by atoms with Gasteiger partial charge in [0.15, 0.2) is 5.82 Å². The van der Waals surface area contributed by atoms with E-state index < -0.39 is 0 Å². The van der Waals surface area contributed by atoms with Gasteiger partial charge in [0.2, 0.25) is 0 Å². The van der Waals surface area contributed by atoms with Gasteiger partial charge in [0.05, 0.1) is 0 Å². The van der Waals surface area contributed by atoms with Crippen molar-refractivity contribution < 1.29 is 0 Å². The second-order valence-corrected chi connectivity index (χ2v) is 5.78. The molecule has 0 aliphatic heterocycles. The highest BCUT2D eigenvalue weighted by molar-refractivity contribution is 6.31. The summed E-state index contributed by atoms with van der Waals surface area (Å²) in [5.74, 6) is 1.40. The minimum atomic E-state index is 0.628. The van der Waals surface area contributed by atoms with Gasteiger partial charge in [-0.1, -0.05) is 38.3 Å². The van der Waals surface area contributed by atoms with Crippen molar-refractivity contribution in [2.75, 3.05) is 5.73 Å². The number of rotatable bonds is 6. The summed E-state index contributed by atoms with van der Waals surface area (Å²) in [6.45, 7) is 5.26. The first-order valence-corrected chi connectivity index (χ1v) is 7.27. The van der Waals surface area contributed by atoms with Crippen LogP contribution in [-0.4, -0.2) is 20.2 Å². The van der Waals surface area contributed by atoms with Gasteiger partial charge in [-0.05, 0) is 41.0 Å². The zero-order chi connectivity index (χ0) is 14.5. The van der Waals surface area contributed by atoms with Crippen molar-refractivity contribution in [1.29, 1.82) is 0 Å². The molecule has 0 unspecified atom stereocenters. The summed E-state index contributed by atoms with van der Waals surface area (Å²) in [6, 6.07) is 5.33. The summed E-state index contributed by atoms with van der Waals surface area (Å²) in [4.78, 5) is 0. The first-order chi connectivity index (χ1) is 9.58. The van der Waals surface area contributed by atoms with Crippen LogP contribution in [0, 0.1) is 5.92 Å². The van der Waals surface area contributed by atoms with E-state index in [1.54, 1.807) is 22.9 Å². The van der Waals surface area contributed by atoms with Gasteiger partial charge in [-0.3, -0.25) is 0 Å². The molecule has 0 spiro atoms. The van der Waals surface area contributed by atoms with Gasteiger partial charge in [-0.2, -0.15) is 0 Å². The van der Waals surface area contributed by atoms with Gasteiger partial charge >= 0.3 is 0 Å². The van der Waals surface area contributed by atoms with Crippen molar-refractivity contribution in [2.24, 2.45) is 5.92 Å². The van der Waals surface area contributed by atoms with Crippen LogP contribution in [0.1, 0.15) is 33.1 Å². The number of hydrogen-bond donors (Lipinski definition) is 1. The Morgan fingerprint density at radius 3 is 2.85 bits per heavy atom. The summed E-state index contributed by atoms with van der Waals surface area (Å²) >= 11 is 6.01. The molecule has 2 aromatic rings. The van der Waals surface area contributed by atoms with E-state index in [0.717, 1.165) is 24.4 Å². The number of nitrogens with two attached hydrogens (primary N) is 1. The monoisotopic (exact) mass is 293 g/mol. The quantitative estimate of drug-likeness (QED) is 0.654. The number of halogens is 1. The van der Waals surface area contributed by atoms with E-state index in [9.17, 15) is 0 Å². The van der Waals surface area contributed by atoms with Crippen LogP contribution in [0.15, 0.2) is 18.2 Å². The summed E-state index contributed by atoms with van der Waals surface area (Å²) in [5, 5.41) is 12.5. The maximum absolute atomic E-state index is 6.01. The Bertz CT molecular complexity index is 564. The Labute approximate surface area is 124 Å². The molecule has 0 bridgehead atoms. The Morgan fingerprint density at radius 2 is 2.10 bits per heavy atom. The number of unbranched alkanes of at least 4 members (excludes halogenated alkanes) is 1. The molecule has 2 rings (SSSR count). The third-order valence-electron chi connectivity index (χ3n) is 3.19. The van der Waals surface area contributed by atoms with Crippen LogP contribution in [0.25, 0.3) is 11.4 Å². The fourth-order valence-corrected chi connectivity index (χ4v) is 2.26. The minimum absolute atomic E-state index is 0.628. The average molecular weight is 294 g/mol. The number of aryl methyl sites for hydroxylation is 1. The summed E-state index contributed by atoms with van der Waals surface area (Å²) < 4.78 is 1.79. The topological polar surface area (TPSA) is 69.6 Å². The van der Waals surface area contributed by atoms with Crippen LogP contribution in [0.5, 0.6) is 0 Å². The molecule has 0 atom stereocenters. The largest absolute Gasteiger partial charge is 0.398 e. The number of benzene rings is 1. The van der Waals surface area contributed by atoms with Crippen molar-refractivity contribution in [2.45, 2.75) is 39.7 Å². The van der Waals surface area contributed by atoms with Gasteiger partial charge in [0.25, 0.3) is 0 Å². The first kappa shape index (κ1) is 14.8. The molecule has 108 valence electrons. The lowest BCUT2D eigenvalue weighted by atomic mass is 10.1. The molecular weight excluding hydrogens is 274 g/mol. The van der Waals surface area contributed by atoms with Gasteiger partial charge < -0.3 is 5.73 Å². The van der Waals surface area contributed by atoms with Gasteiger partial charge in [-0.25, -0.2) is 4.68 Å². The molecular formula is C14H20ClN5. The highest BCUT2D eigenvalue weighted by Crippen LogP contribution is 2.27. The number of nitrogens with zero attached hydrogens (tertiary/aromatic N) is 4. The Balaban J connectivity index is 2.10. The Morgan fingerprint density at radius 1 is 1.30 bits per heavy atom. The molecule has 0 saturated carbocycles. The van der Waals surface area contributed by atoms with Crippen LogP contribution < -0.4 is 5.73 Å². The molecule has 1 heterocycles. The van der Waals surface area contributed by atoms with Gasteiger partial charge in [0, 0.05) is 22.8 Å². The van der Waals surface area contributed by atoms with E-state index in [1.807, 2.05) is 0 Å². The molecule has 6 heteroatoms. The standard InChI is InChI=1S/C14H20ClN5/c1-10(2)5-3-4-8-20-14(17-18-19-20)12-9-11(15)6-7-13(12)16/h6-7,9-10H,3-5,8,16H2,1-2H3. The van der Waals surface area contributed by atoms with E-state index >= 15 is 0 Å². The summed E-state index contributed by atoms with van der Waals surface area (Å²) in [6.07, 6.45) is 3.44. The number of tetrazole rings is 1. The number of anilines is 1. The lowest BCUT2D eigenvalue weighted by Gasteiger charge is -2.08. The molecule has 1 aromatic heterocycles. The van der Waals surface area contributed by atoms with E-state index in [1.165, 1.54) is 12.8 Å². The summed E-state index contributed by atoms with van der Waals surface area (Å²) in [5.41, 5.74) is 7.39. The normalized spacial score (nSPS) is 11.2. The number of hydrogen-bond acceptors (Lipinski definition) is 4. The lowest BCUT2D eigenvalue weighted by molar-refractivity contribution is 0.487. The van der Waals surface area contributed by atoms with Crippen molar-refractivity contribution in [3.63, 3.8) is 0 Å². The fourth-order valence-electron chi connectivity index (χ4n) is 2.08. The zero-order valence-corrected chi connectivity index (χ0v) is 12.6. The van der Waals surface area contributed by atoms with Crippen LogP contribution in [0.4, 0.5) is 5.69 Å². The molecule has 20 heavy (non-hydrogen) atoms. The molecule has 0 amide bonds. The first-order valence-electron chi connectivity index (χ1n) is 6.89. The highest BCUT2D eigenvalue weighted by Gasteiger charge is 2.12. The van der Waals surface area contributed by atoms with Crippen molar-refractivity contribution in [3.8, 4) is 11.4 Å². The SMILES string of the molecule is CC(C)CCCCn1nnnc1-c1cc(Cl)ccc1N. The van der Waals surface area contributed by atoms with Crippen LogP contribution >= 0.6 is 11.6 Å². The van der Waals surface area contributed by atoms with Gasteiger partial charge in [0.1, 0.15) is 0 Å². The minimum Gasteiger partial charge on any atom is -0.398 e. The fraction of sp³-hybridized carbons (Fsp3) is 0.500. The van der Waals surface area contributed by atoms with Crippen molar-refractivity contribution >= 4 is 17.3 Å². The smallest absolute Gasteiger partial charge is 0.184 e. The molecule has 1 aromatic carbocycles. The molecule has 0 radical (unpaired) electrons. The maximum Gasteiger partial charge on any atom is 0.184 e. The van der Waals surface area contributed by atoms with E-state index in [2.05, 4.69) is 29.4 Å². The van der Waals surface area contributed by atoms with E-state index in [0.29, 0.717) is 16.5 Å². The van der Waals surface area contributed by atoms with E-state index in [4.69, 9.17) is 17.3 Å². The number of nitrogen functional groups attached to an aromatic ring is 1. The molecule has 5 nitrogen and oxygen atoms in total. The third kappa shape index (κ3) is 3.70. The molecule has 0 aliphatic rings. The maximum atomic E-state index is 6.01.